The number of aliphatic carboxylic acids is 1. The Morgan fingerprint density at radius 2 is 2.05 bits per heavy atom. The third kappa shape index (κ3) is 2.62. The Labute approximate surface area is 121 Å². The monoisotopic (exact) mass is 285 g/mol. The highest BCUT2D eigenvalue weighted by Gasteiger charge is 2.39. The highest BCUT2D eigenvalue weighted by atomic mass is 16.4. The first-order chi connectivity index (χ1) is 10.1. The predicted molar refractivity (Wildman–Crippen MR) is 76.8 cm³/mol. The SMILES string of the molecule is Nc1cc(N2C[C@H](C(=O)O)[C@@H](c3ccncc3)C2)ncn1. The molecule has 1 aliphatic heterocycles. The Hall–Kier alpha value is -2.70. The van der Waals surface area contributed by atoms with Crippen LogP contribution in [-0.4, -0.2) is 39.1 Å². The Morgan fingerprint density at radius 3 is 2.71 bits per heavy atom. The summed E-state index contributed by atoms with van der Waals surface area (Å²) in [5.74, 6) is -0.351. The quantitative estimate of drug-likeness (QED) is 0.857. The van der Waals surface area contributed by atoms with E-state index in [1.54, 1.807) is 18.5 Å². The van der Waals surface area contributed by atoms with Crippen molar-refractivity contribution in [2.75, 3.05) is 23.7 Å². The maximum Gasteiger partial charge on any atom is 0.308 e. The molecule has 0 bridgehead atoms. The Balaban J connectivity index is 1.90. The highest BCUT2D eigenvalue weighted by molar-refractivity contribution is 5.74. The second-order valence-corrected chi connectivity index (χ2v) is 5.04. The number of nitrogens with zero attached hydrogens (tertiary/aromatic N) is 4. The van der Waals surface area contributed by atoms with Gasteiger partial charge in [-0.3, -0.25) is 9.78 Å². The van der Waals surface area contributed by atoms with Crippen LogP contribution in [0.4, 0.5) is 11.6 Å². The normalized spacial score (nSPS) is 21.4. The van der Waals surface area contributed by atoms with Gasteiger partial charge in [0.25, 0.3) is 0 Å². The number of anilines is 2. The molecule has 0 unspecified atom stereocenters. The van der Waals surface area contributed by atoms with Gasteiger partial charge in [-0.1, -0.05) is 0 Å². The summed E-state index contributed by atoms with van der Waals surface area (Å²) in [5.41, 5.74) is 6.64. The Kier molecular flexibility index (Phi) is 3.39. The molecule has 108 valence electrons. The number of aromatic nitrogens is 3. The zero-order valence-corrected chi connectivity index (χ0v) is 11.3. The lowest BCUT2D eigenvalue weighted by Gasteiger charge is -2.17. The number of hydrogen-bond acceptors (Lipinski definition) is 6. The van der Waals surface area contributed by atoms with Gasteiger partial charge >= 0.3 is 5.97 Å². The van der Waals surface area contributed by atoms with Crippen LogP contribution in [0.25, 0.3) is 0 Å². The average molecular weight is 285 g/mol. The van der Waals surface area contributed by atoms with Crippen molar-refractivity contribution in [3.8, 4) is 0 Å². The van der Waals surface area contributed by atoms with Crippen molar-refractivity contribution >= 4 is 17.6 Å². The number of nitrogens with two attached hydrogens (primary N) is 1. The fraction of sp³-hybridized carbons (Fsp3) is 0.286. The lowest BCUT2D eigenvalue weighted by molar-refractivity contribution is -0.141. The minimum absolute atomic E-state index is 0.0957. The molecular weight excluding hydrogens is 270 g/mol. The molecule has 21 heavy (non-hydrogen) atoms. The maximum atomic E-state index is 11.5. The van der Waals surface area contributed by atoms with Crippen molar-refractivity contribution in [3.63, 3.8) is 0 Å². The van der Waals surface area contributed by atoms with Gasteiger partial charge < -0.3 is 15.7 Å². The number of hydrogen-bond donors (Lipinski definition) is 2. The lowest BCUT2D eigenvalue weighted by atomic mass is 9.90. The first kappa shape index (κ1) is 13.3. The van der Waals surface area contributed by atoms with Gasteiger partial charge in [0.05, 0.1) is 5.92 Å². The predicted octanol–water partition coefficient (Wildman–Crippen LogP) is 0.758. The van der Waals surface area contributed by atoms with Gasteiger partial charge in [0, 0.05) is 37.5 Å². The van der Waals surface area contributed by atoms with Gasteiger partial charge in [0.1, 0.15) is 18.0 Å². The van der Waals surface area contributed by atoms with Gasteiger partial charge in [0.15, 0.2) is 0 Å². The van der Waals surface area contributed by atoms with E-state index in [0.717, 1.165) is 5.56 Å². The van der Waals surface area contributed by atoms with E-state index in [9.17, 15) is 9.90 Å². The molecule has 2 atom stereocenters. The summed E-state index contributed by atoms with van der Waals surface area (Å²) >= 11 is 0. The topological polar surface area (TPSA) is 105 Å². The molecule has 3 N–H and O–H groups in total. The molecule has 7 heteroatoms. The maximum absolute atomic E-state index is 11.5. The molecule has 7 nitrogen and oxygen atoms in total. The Bertz CT molecular complexity index is 649. The summed E-state index contributed by atoms with van der Waals surface area (Å²) in [4.78, 5) is 25.5. The van der Waals surface area contributed by atoms with E-state index in [4.69, 9.17) is 5.73 Å². The number of carboxylic acids is 1. The minimum Gasteiger partial charge on any atom is -0.481 e. The highest BCUT2D eigenvalue weighted by Crippen LogP contribution is 2.34. The largest absolute Gasteiger partial charge is 0.481 e. The molecule has 0 radical (unpaired) electrons. The second-order valence-electron chi connectivity index (χ2n) is 5.04. The summed E-state index contributed by atoms with van der Waals surface area (Å²) < 4.78 is 0. The number of carbonyl (C=O) groups is 1. The molecule has 0 saturated carbocycles. The number of carboxylic acid groups (broad SMARTS) is 1. The lowest BCUT2D eigenvalue weighted by Crippen LogP contribution is -2.23. The van der Waals surface area contributed by atoms with E-state index in [0.29, 0.717) is 24.7 Å². The van der Waals surface area contributed by atoms with Gasteiger partial charge in [0.2, 0.25) is 0 Å². The molecule has 3 rings (SSSR count). The summed E-state index contributed by atoms with van der Waals surface area (Å²) in [5, 5.41) is 9.46. The van der Waals surface area contributed by atoms with Crippen LogP contribution in [0.5, 0.6) is 0 Å². The van der Waals surface area contributed by atoms with Crippen LogP contribution in [0.3, 0.4) is 0 Å². The van der Waals surface area contributed by atoms with Crippen molar-refractivity contribution < 1.29 is 9.90 Å². The fourth-order valence-corrected chi connectivity index (χ4v) is 2.72. The second kappa shape index (κ2) is 5.35. The molecule has 0 aromatic carbocycles. The third-order valence-electron chi connectivity index (χ3n) is 3.77. The first-order valence-corrected chi connectivity index (χ1v) is 6.60. The molecule has 0 amide bonds. The van der Waals surface area contributed by atoms with Crippen LogP contribution in [0, 0.1) is 5.92 Å². The van der Waals surface area contributed by atoms with Gasteiger partial charge in [-0.25, -0.2) is 9.97 Å². The summed E-state index contributed by atoms with van der Waals surface area (Å²) in [6, 6.07) is 5.38. The van der Waals surface area contributed by atoms with Crippen LogP contribution in [-0.2, 0) is 4.79 Å². The zero-order chi connectivity index (χ0) is 14.8. The third-order valence-corrected chi connectivity index (χ3v) is 3.77. The smallest absolute Gasteiger partial charge is 0.308 e. The molecule has 1 fully saturated rings. The molecule has 1 saturated heterocycles. The van der Waals surface area contributed by atoms with Crippen molar-refractivity contribution in [1.82, 2.24) is 15.0 Å². The summed E-state index contributed by atoms with van der Waals surface area (Å²) in [7, 11) is 0. The number of rotatable bonds is 3. The fourth-order valence-electron chi connectivity index (χ4n) is 2.72. The van der Waals surface area contributed by atoms with E-state index in [1.165, 1.54) is 6.33 Å². The zero-order valence-electron chi connectivity index (χ0n) is 11.3. The molecule has 0 spiro atoms. The van der Waals surface area contributed by atoms with Gasteiger partial charge in [-0.15, -0.1) is 0 Å². The van der Waals surface area contributed by atoms with Crippen LogP contribution in [0.1, 0.15) is 11.5 Å². The standard InChI is InChI=1S/C14H15N5O2/c15-12-5-13(18-8-17-12)19-6-10(11(7-19)14(20)21)9-1-3-16-4-2-9/h1-5,8,10-11H,6-7H2,(H,20,21)(H2,15,17,18)/t10-,11+/m1/s1. The van der Waals surface area contributed by atoms with Crippen LogP contribution >= 0.6 is 0 Å². The van der Waals surface area contributed by atoms with Gasteiger partial charge in [-0.05, 0) is 17.7 Å². The number of nitrogen functional groups attached to an aromatic ring is 1. The van der Waals surface area contributed by atoms with Crippen LogP contribution < -0.4 is 10.6 Å². The molecular formula is C14H15N5O2. The van der Waals surface area contributed by atoms with E-state index in [1.807, 2.05) is 17.0 Å². The van der Waals surface area contributed by atoms with Crippen molar-refractivity contribution in [2.24, 2.45) is 5.92 Å². The average Bonchev–Trinajstić information content (AvgIpc) is 2.93. The van der Waals surface area contributed by atoms with E-state index in [-0.39, 0.29) is 5.92 Å². The van der Waals surface area contributed by atoms with Crippen molar-refractivity contribution in [2.45, 2.75) is 5.92 Å². The van der Waals surface area contributed by atoms with Crippen LogP contribution in [0.2, 0.25) is 0 Å². The van der Waals surface area contributed by atoms with E-state index in [2.05, 4.69) is 15.0 Å². The minimum atomic E-state index is -0.804. The number of pyridine rings is 1. The molecule has 1 aliphatic rings. The van der Waals surface area contributed by atoms with E-state index < -0.39 is 11.9 Å². The van der Waals surface area contributed by atoms with Gasteiger partial charge in [-0.2, -0.15) is 0 Å². The summed E-state index contributed by atoms with van der Waals surface area (Å²) in [6.45, 7) is 0.982. The van der Waals surface area contributed by atoms with Crippen LogP contribution in [0.15, 0.2) is 36.9 Å². The molecule has 2 aromatic rings. The first-order valence-electron chi connectivity index (χ1n) is 6.60. The molecule has 2 aromatic heterocycles. The van der Waals surface area contributed by atoms with E-state index >= 15 is 0 Å². The molecule has 3 heterocycles. The van der Waals surface area contributed by atoms with Crippen molar-refractivity contribution in [1.29, 1.82) is 0 Å². The van der Waals surface area contributed by atoms with Crippen molar-refractivity contribution in [3.05, 3.63) is 42.5 Å². The Morgan fingerprint density at radius 1 is 1.29 bits per heavy atom. The summed E-state index contributed by atoms with van der Waals surface area (Å²) in [6.07, 6.45) is 4.75. The molecule has 0 aliphatic carbocycles.